The van der Waals surface area contributed by atoms with Crippen molar-refractivity contribution in [3.8, 4) is 0 Å². The van der Waals surface area contributed by atoms with Crippen molar-refractivity contribution in [3.05, 3.63) is 24.8 Å². The standard InChI is InChI=1S/C8H10Cl3NO/c1-3-5-6(4-2)12-7(13)8(9,10)11/h3-6H,2H2,1H3,(H,12,13)/b5-3+. The summed E-state index contributed by atoms with van der Waals surface area (Å²) in [6.07, 6.45) is 5.03. The van der Waals surface area contributed by atoms with Gasteiger partial charge in [-0.25, -0.2) is 0 Å². The van der Waals surface area contributed by atoms with E-state index in [1.807, 2.05) is 6.92 Å². The van der Waals surface area contributed by atoms with Crippen LogP contribution in [0.1, 0.15) is 6.92 Å². The fourth-order valence-electron chi connectivity index (χ4n) is 0.626. The molecule has 1 unspecified atom stereocenters. The number of nitrogens with one attached hydrogen (secondary N) is 1. The summed E-state index contributed by atoms with van der Waals surface area (Å²) < 4.78 is -1.93. The van der Waals surface area contributed by atoms with Crippen molar-refractivity contribution in [1.82, 2.24) is 5.32 Å². The van der Waals surface area contributed by atoms with Crippen molar-refractivity contribution in [2.24, 2.45) is 0 Å². The predicted molar refractivity (Wildman–Crippen MR) is 57.2 cm³/mol. The lowest BCUT2D eigenvalue weighted by Gasteiger charge is -2.14. The molecule has 1 N–H and O–H groups in total. The minimum Gasteiger partial charge on any atom is -0.343 e. The highest BCUT2D eigenvalue weighted by Gasteiger charge is 2.31. The average molecular weight is 243 g/mol. The number of amides is 1. The molecule has 0 heterocycles. The van der Waals surface area contributed by atoms with Crippen molar-refractivity contribution in [2.45, 2.75) is 16.8 Å². The first-order valence-electron chi connectivity index (χ1n) is 3.55. The third-order valence-corrected chi connectivity index (χ3v) is 1.72. The number of carbonyl (C=O) groups is 1. The Morgan fingerprint density at radius 2 is 2.08 bits per heavy atom. The molecule has 0 saturated carbocycles. The van der Waals surface area contributed by atoms with Gasteiger partial charge in [0.2, 0.25) is 0 Å². The van der Waals surface area contributed by atoms with E-state index in [0.29, 0.717) is 0 Å². The maximum Gasteiger partial charge on any atom is 0.272 e. The molecule has 0 aromatic carbocycles. The van der Waals surface area contributed by atoms with Crippen LogP contribution in [0.4, 0.5) is 0 Å². The van der Waals surface area contributed by atoms with E-state index in [4.69, 9.17) is 34.8 Å². The van der Waals surface area contributed by atoms with Crippen molar-refractivity contribution in [3.63, 3.8) is 0 Å². The van der Waals surface area contributed by atoms with Crippen LogP contribution in [0, 0.1) is 0 Å². The van der Waals surface area contributed by atoms with Crippen LogP contribution in [-0.4, -0.2) is 15.7 Å². The zero-order valence-electron chi connectivity index (χ0n) is 7.06. The molecule has 0 aromatic rings. The summed E-state index contributed by atoms with van der Waals surface area (Å²) in [4.78, 5) is 11.1. The third kappa shape index (κ3) is 5.19. The molecule has 1 amide bonds. The van der Waals surface area contributed by atoms with E-state index in [1.54, 1.807) is 12.2 Å². The molecule has 0 saturated heterocycles. The summed E-state index contributed by atoms with van der Waals surface area (Å²) >= 11 is 16.0. The first-order chi connectivity index (χ1) is 5.91. The summed E-state index contributed by atoms with van der Waals surface area (Å²) in [5, 5.41) is 2.47. The van der Waals surface area contributed by atoms with Gasteiger partial charge in [-0.2, -0.15) is 0 Å². The van der Waals surface area contributed by atoms with Crippen LogP contribution in [0.15, 0.2) is 24.8 Å². The maximum atomic E-state index is 11.1. The summed E-state index contributed by atoms with van der Waals surface area (Å²) in [6, 6.07) is -0.312. The van der Waals surface area contributed by atoms with Crippen molar-refractivity contribution >= 4 is 40.7 Å². The molecule has 0 spiro atoms. The molecule has 0 bridgehead atoms. The van der Waals surface area contributed by atoms with E-state index in [1.165, 1.54) is 6.08 Å². The number of carbonyl (C=O) groups excluding carboxylic acids is 1. The molecule has 1 atom stereocenters. The maximum absolute atomic E-state index is 11.1. The van der Waals surface area contributed by atoms with Crippen LogP contribution in [0.3, 0.4) is 0 Å². The summed E-state index contributed by atoms with van der Waals surface area (Å²) in [5.74, 6) is -0.666. The first kappa shape index (κ1) is 12.8. The van der Waals surface area contributed by atoms with Gasteiger partial charge in [0.05, 0.1) is 6.04 Å². The second-order valence-corrected chi connectivity index (χ2v) is 4.54. The number of hydrogen-bond acceptors (Lipinski definition) is 1. The van der Waals surface area contributed by atoms with Crippen LogP contribution < -0.4 is 5.32 Å². The van der Waals surface area contributed by atoms with E-state index in [9.17, 15) is 4.79 Å². The zero-order chi connectivity index (χ0) is 10.5. The number of rotatable bonds is 3. The monoisotopic (exact) mass is 241 g/mol. The molecule has 5 heteroatoms. The molecule has 0 aromatic heterocycles. The van der Waals surface area contributed by atoms with Gasteiger partial charge in [-0.1, -0.05) is 53.0 Å². The number of hydrogen-bond donors (Lipinski definition) is 1. The Morgan fingerprint density at radius 1 is 1.54 bits per heavy atom. The third-order valence-electron chi connectivity index (χ3n) is 1.21. The lowest BCUT2D eigenvalue weighted by Crippen LogP contribution is -2.39. The Balaban J connectivity index is 4.25. The molecule has 0 radical (unpaired) electrons. The summed E-state index contributed by atoms with van der Waals surface area (Å²) in [7, 11) is 0. The van der Waals surface area contributed by atoms with E-state index in [-0.39, 0.29) is 6.04 Å². The van der Waals surface area contributed by atoms with Gasteiger partial charge >= 0.3 is 0 Å². The Morgan fingerprint density at radius 3 is 2.38 bits per heavy atom. The van der Waals surface area contributed by atoms with E-state index in [0.717, 1.165) is 0 Å². The van der Waals surface area contributed by atoms with Crippen molar-refractivity contribution < 1.29 is 4.79 Å². The Bertz CT molecular complexity index is 220. The van der Waals surface area contributed by atoms with Gasteiger partial charge in [0.15, 0.2) is 0 Å². The molecule has 0 aliphatic carbocycles. The Hall–Kier alpha value is -0.180. The zero-order valence-corrected chi connectivity index (χ0v) is 9.33. The fourth-order valence-corrected chi connectivity index (χ4v) is 0.790. The molecular weight excluding hydrogens is 232 g/mol. The SMILES string of the molecule is C=CC(/C=C/C)NC(=O)C(Cl)(Cl)Cl. The highest BCUT2D eigenvalue weighted by Crippen LogP contribution is 2.25. The van der Waals surface area contributed by atoms with Gasteiger partial charge in [-0.05, 0) is 6.92 Å². The van der Waals surface area contributed by atoms with E-state index >= 15 is 0 Å². The van der Waals surface area contributed by atoms with Crippen LogP contribution in [0.5, 0.6) is 0 Å². The summed E-state index contributed by atoms with van der Waals surface area (Å²) in [6.45, 7) is 5.34. The Labute approximate surface area is 92.5 Å². The Kier molecular flexibility index (Phi) is 5.45. The van der Waals surface area contributed by atoms with Gasteiger partial charge in [-0.3, -0.25) is 4.79 Å². The van der Waals surface area contributed by atoms with E-state index in [2.05, 4.69) is 11.9 Å². The molecule has 74 valence electrons. The summed E-state index contributed by atoms with van der Waals surface area (Å²) in [5.41, 5.74) is 0. The van der Waals surface area contributed by atoms with Gasteiger partial charge in [0.1, 0.15) is 0 Å². The van der Waals surface area contributed by atoms with Gasteiger partial charge < -0.3 is 5.32 Å². The smallest absolute Gasteiger partial charge is 0.272 e. The molecule has 0 fully saturated rings. The van der Waals surface area contributed by atoms with Crippen LogP contribution in [-0.2, 0) is 4.79 Å². The molecule has 0 aliphatic heterocycles. The van der Waals surface area contributed by atoms with Crippen molar-refractivity contribution in [2.75, 3.05) is 0 Å². The van der Waals surface area contributed by atoms with Crippen LogP contribution in [0.2, 0.25) is 0 Å². The second kappa shape index (κ2) is 5.53. The van der Waals surface area contributed by atoms with Gasteiger partial charge in [-0.15, -0.1) is 6.58 Å². The highest BCUT2D eigenvalue weighted by atomic mass is 35.6. The molecule has 0 rings (SSSR count). The molecule has 2 nitrogen and oxygen atoms in total. The van der Waals surface area contributed by atoms with Crippen molar-refractivity contribution in [1.29, 1.82) is 0 Å². The lowest BCUT2D eigenvalue weighted by atomic mass is 10.2. The average Bonchev–Trinajstić information content (AvgIpc) is 2.01. The van der Waals surface area contributed by atoms with E-state index < -0.39 is 9.70 Å². The highest BCUT2D eigenvalue weighted by molar-refractivity contribution is 6.76. The van der Waals surface area contributed by atoms with Crippen LogP contribution >= 0.6 is 34.8 Å². The normalized spacial score (nSPS) is 14.2. The second-order valence-electron chi connectivity index (χ2n) is 2.26. The molecule has 13 heavy (non-hydrogen) atoms. The largest absolute Gasteiger partial charge is 0.343 e. The quantitative estimate of drug-likeness (QED) is 0.598. The minimum atomic E-state index is -1.93. The van der Waals surface area contributed by atoms with Gasteiger partial charge in [0, 0.05) is 0 Å². The fraction of sp³-hybridized carbons (Fsp3) is 0.375. The topological polar surface area (TPSA) is 29.1 Å². The number of alkyl halides is 3. The minimum absolute atomic E-state index is 0.312. The number of halogens is 3. The first-order valence-corrected chi connectivity index (χ1v) is 4.68. The molecule has 0 aliphatic rings. The lowest BCUT2D eigenvalue weighted by molar-refractivity contribution is -0.120. The number of allylic oxidation sites excluding steroid dienone is 1. The van der Waals surface area contributed by atoms with Gasteiger partial charge in [0.25, 0.3) is 9.70 Å². The van der Waals surface area contributed by atoms with Crippen LogP contribution in [0.25, 0.3) is 0 Å². The predicted octanol–water partition coefficient (Wildman–Crippen LogP) is 2.60. The molecular formula is C8H10Cl3NO.